The zero-order chi connectivity index (χ0) is 6.81. The quantitative estimate of drug-likeness (QED) is 0.534. The summed E-state index contributed by atoms with van der Waals surface area (Å²) >= 11 is 0. The number of nitrogens with zero attached hydrogens (tertiary/aromatic N) is 3. The van der Waals surface area contributed by atoms with Crippen molar-refractivity contribution in [1.29, 1.82) is 0 Å². The monoisotopic (exact) mass is 137 g/mol. The first-order valence-corrected chi connectivity index (χ1v) is 3.83. The van der Waals surface area contributed by atoms with E-state index in [1.165, 1.54) is 19.3 Å². The Morgan fingerprint density at radius 1 is 1.30 bits per heavy atom. The van der Waals surface area contributed by atoms with Gasteiger partial charge in [0.25, 0.3) is 0 Å². The van der Waals surface area contributed by atoms with Gasteiger partial charge >= 0.3 is 0 Å². The number of hydrogen-bond donors (Lipinski definition) is 0. The van der Waals surface area contributed by atoms with Crippen LogP contribution in [0.4, 0.5) is 0 Å². The van der Waals surface area contributed by atoms with E-state index in [0.717, 1.165) is 18.8 Å². The molecule has 0 fully saturated rings. The summed E-state index contributed by atoms with van der Waals surface area (Å²) in [7, 11) is 0. The fourth-order valence-corrected chi connectivity index (χ4v) is 1.39. The second-order valence-electron chi connectivity index (χ2n) is 2.71. The number of rotatable bonds is 0. The Labute approximate surface area is 60.1 Å². The molecule has 0 saturated heterocycles. The van der Waals surface area contributed by atoms with Gasteiger partial charge < -0.3 is 0 Å². The Bertz CT molecular complexity index is 196. The highest BCUT2D eigenvalue weighted by molar-refractivity contribution is 4.86. The summed E-state index contributed by atoms with van der Waals surface area (Å²) in [5.74, 6) is 1.16. The molecule has 0 N–H and O–H groups in total. The fourth-order valence-electron chi connectivity index (χ4n) is 1.39. The minimum Gasteiger partial charge on any atom is -0.250 e. The van der Waals surface area contributed by atoms with Gasteiger partial charge in [-0.25, -0.2) is 4.98 Å². The van der Waals surface area contributed by atoms with Crippen molar-refractivity contribution >= 4 is 0 Å². The number of aromatic nitrogens is 3. The van der Waals surface area contributed by atoms with Crippen LogP contribution in [0.15, 0.2) is 6.33 Å². The zero-order valence-corrected chi connectivity index (χ0v) is 5.95. The van der Waals surface area contributed by atoms with E-state index in [2.05, 4.69) is 10.1 Å². The van der Waals surface area contributed by atoms with Crippen molar-refractivity contribution in [2.24, 2.45) is 0 Å². The molecule has 1 aromatic rings. The lowest BCUT2D eigenvalue weighted by molar-refractivity contribution is 0.575. The predicted octanol–water partition coefficient (Wildman–Crippen LogP) is 1.00. The maximum absolute atomic E-state index is 4.17. The van der Waals surface area contributed by atoms with E-state index in [9.17, 15) is 0 Å². The molecular weight excluding hydrogens is 126 g/mol. The van der Waals surface area contributed by atoms with Crippen LogP contribution >= 0.6 is 0 Å². The lowest BCUT2D eigenvalue weighted by Gasteiger charge is -1.96. The van der Waals surface area contributed by atoms with Crippen LogP contribution in [0.25, 0.3) is 0 Å². The van der Waals surface area contributed by atoms with Crippen molar-refractivity contribution in [2.75, 3.05) is 0 Å². The molecule has 2 heterocycles. The molecule has 10 heavy (non-hydrogen) atoms. The van der Waals surface area contributed by atoms with Crippen molar-refractivity contribution in [3.8, 4) is 0 Å². The minimum absolute atomic E-state index is 1.06. The topological polar surface area (TPSA) is 30.7 Å². The van der Waals surface area contributed by atoms with Gasteiger partial charge in [-0.05, 0) is 12.8 Å². The Balaban J connectivity index is 2.28. The minimum atomic E-state index is 1.06. The maximum Gasteiger partial charge on any atom is 0.138 e. The molecule has 0 amide bonds. The van der Waals surface area contributed by atoms with Crippen LogP contribution < -0.4 is 0 Å². The van der Waals surface area contributed by atoms with E-state index in [4.69, 9.17) is 0 Å². The molecule has 3 heteroatoms. The third kappa shape index (κ3) is 0.916. The number of hydrogen-bond acceptors (Lipinski definition) is 2. The highest BCUT2D eigenvalue weighted by Crippen LogP contribution is 2.09. The lowest BCUT2D eigenvalue weighted by Crippen LogP contribution is -2.01. The van der Waals surface area contributed by atoms with Crippen molar-refractivity contribution < 1.29 is 0 Å². The van der Waals surface area contributed by atoms with Crippen LogP contribution in [0.3, 0.4) is 0 Å². The second-order valence-corrected chi connectivity index (χ2v) is 2.71. The predicted molar refractivity (Wildman–Crippen MR) is 37.6 cm³/mol. The molecule has 1 aliphatic heterocycles. The summed E-state index contributed by atoms with van der Waals surface area (Å²) in [6, 6.07) is 0. The summed E-state index contributed by atoms with van der Waals surface area (Å²) in [4.78, 5) is 4.17. The molecule has 0 atom stereocenters. The van der Waals surface area contributed by atoms with Crippen molar-refractivity contribution in [3.05, 3.63) is 12.2 Å². The van der Waals surface area contributed by atoms with Crippen LogP contribution in [0.1, 0.15) is 25.1 Å². The van der Waals surface area contributed by atoms with E-state index in [0.29, 0.717) is 0 Å². The van der Waals surface area contributed by atoms with E-state index in [-0.39, 0.29) is 0 Å². The first-order valence-electron chi connectivity index (χ1n) is 3.83. The highest BCUT2D eigenvalue weighted by atomic mass is 15.3. The summed E-state index contributed by atoms with van der Waals surface area (Å²) in [5.41, 5.74) is 0. The van der Waals surface area contributed by atoms with Crippen LogP contribution in [-0.4, -0.2) is 14.8 Å². The lowest BCUT2D eigenvalue weighted by atomic mass is 10.2. The van der Waals surface area contributed by atoms with Gasteiger partial charge in [-0.2, -0.15) is 5.10 Å². The average molecular weight is 137 g/mol. The molecule has 1 aromatic heterocycles. The fraction of sp³-hybridized carbons (Fsp3) is 0.714. The van der Waals surface area contributed by atoms with Gasteiger partial charge in [-0.15, -0.1) is 0 Å². The van der Waals surface area contributed by atoms with E-state index in [1.54, 1.807) is 6.33 Å². The highest BCUT2D eigenvalue weighted by Gasteiger charge is 2.06. The normalized spacial score (nSPS) is 18.0. The second kappa shape index (κ2) is 2.40. The van der Waals surface area contributed by atoms with Gasteiger partial charge in [0, 0.05) is 13.0 Å². The molecule has 0 aromatic carbocycles. The van der Waals surface area contributed by atoms with Crippen molar-refractivity contribution in [2.45, 2.75) is 32.2 Å². The molecule has 0 radical (unpaired) electrons. The van der Waals surface area contributed by atoms with Gasteiger partial charge in [0.2, 0.25) is 0 Å². The molecule has 0 bridgehead atoms. The van der Waals surface area contributed by atoms with Crippen LogP contribution in [0.5, 0.6) is 0 Å². The summed E-state index contributed by atoms with van der Waals surface area (Å²) < 4.78 is 2.02. The molecule has 0 aliphatic carbocycles. The third-order valence-corrected chi connectivity index (χ3v) is 1.97. The molecule has 3 nitrogen and oxygen atoms in total. The Hall–Kier alpha value is -0.860. The molecule has 0 spiro atoms. The van der Waals surface area contributed by atoms with E-state index < -0.39 is 0 Å². The Morgan fingerprint density at radius 3 is 3.30 bits per heavy atom. The van der Waals surface area contributed by atoms with Gasteiger partial charge in [0.15, 0.2) is 0 Å². The number of aryl methyl sites for hydroxylation is 2. The largest absolute Gasteiger partial charge is 0.250 e. The van der Waals surface area contributed by atoms with Crippen LogP contribution in [0, 0.1) is 0 Å². The summed E-state index contributed by atoms with van der Waals surface area (Å²) in [6.45, 7) is 1.06. The van der Waals surface area contributed by atoms with E-state index >= 15 is 0 Å². The van der Waals surface area contributed by atoms with Gasteiger partial charge in [-0.3, -0.25) is 4.68 Å². The molecule has 2 rings (SSSR count). The number of fused-ring (bicyclic) bond motifs is 1. The van der Waals surface area contributed by atoms with Crippen molar-refractivity contribution in [1.82, 2.24) is 14.8 Å². The maximum atomic E-state index is 4.17. The van der Waals surface area contributed by atoms with Crippen molar-refractivity contribution in [3.63, 3.8) is 0 Å². The van der Waals surface area contributed by atoms with Gasteiger partial charge in [-0.1, -0.05) is 6.42 Å². The molecule has 0 saturated carbocycles. The third-order valence-electron chi connectivity index (χ3n) is 1.97. The first-order chi connectivity index (χ1) is 4.97. The first kappa shape index (κ1) is 5.89. The van der Waals surface area contributed by atoms with Crippen LogP contribution in [-0.2, 0) is 13.0 Å². The van der Waals surface area contributed by atoms with Crippen LogP contribution in [0.2, 0.25) is 0 Å². The Kier molecular flexibility index (Phi) is 1.42. The SMILES string of the molecule is c1nc2n(n1)CCCCC2. The molecule has 54 valence electrons. The molecule has 0 unspecified atom stereocenters. The standard InChI is InChI=1S/C7H11N3/c1-2-4-7-8-6-9-10(7)5-3-1/h6H,1-5H2. The molecular formula is C7H11N3. The smallest absolute Gasteiger partial charge is 0.138 e. The zero-order valence-electron chi connectivity index (χ0n) is 5.95. The Morgan fingerprint density at radius 2 is 2.30 bits per heavy atom. The molecule has 1 aliphatic rings. The van der Waals surface area contributed by atoms with Gasteiger partial charge in [0.05, 0.1) is 0 Å². The van der Waals surface area contributed by atoms with E-state index in [1.807, 2.05) is 4.68 Å². The van der Waals surface area contributed by atoms with Gasteiger partial charge in [0.1, 0.15) is 12.2 Å². The summed E-state index contributed by atoms with van der Waals surface area (Å²) in [5, 5.41) is 4.12. The average Bonchev–Trinajstić information content (AvgIpc) is 2.28. The summed E-state index contributed by atoms with van der Waals surface area (Å²) in [6.07, 6.45) is 6.63.